The fourth-order valence-electron chi connectivity index (χ4n) is 1.29. The van der Waals surface area contributed by atoms with Crippen LogP contribution in [0.15, 0.2) is 35.0 Å². The van der Waals surface area contributed by atoms with Crippen LogP contribution in [-0.4, -0.2) is 19.7 Å². The summed E-state index contributed by atoms with van der Waals surface area (Å²) in [4.78, 5) is 11.4. The van der Waals surface area contributed by atoms with E-state index in [4.69, 9.17) is 21.1 Å². The number of carbonyl (C=O) groups is 1. The molecule has 1 aromatic rings. The predicted molar refractivity (Wildman–Crippen MR) is 71.8 cm³/mol. The van der Waals surface area contributed by atoms with Gasteiger partial charge in [-0.3, -0.25) is 0 Å². The Hall–Kier alpha value is -1.68. The Kier molecular flexibility index (Phi) is 5.52. The molecule has 0 amide bonds. The first-order valence-electron chi connectivity index (χ1n) is 5.53. The third-order valence-electron chi connectivity index (χ3n) is 2.21. The van der Waals surface area contributed by atoms with Gasteiger partial charge in [0.05, 0.1) is 13.7 Å². The fraction of sp³-hybridized carbons (Fsp3) is 0.308. The van der Waals surface area contributed by atoms with E-state index in [0.717, 1.165) is 11.4 Å². The lowest BCUT2D eigenvalue weighted by Gasteiger charge is -2.09. The van der Waals surface area contributed by atoms with Crippen LogP contribution in [-0.2, 0) is 9.53 Å². The zero-order chi connectivity index (χ0) is 13.5. The molecule has 5 heteroatoms. The first-order valence-corrected chi connectivity index (χ1v) is 5.90. The highest BCUT2D eigenvalue weighted by molar-refractivity contribution is 6.41. The van der Waals surface area contributed by atoms with E-state index in [9.17, 15) is 4.79 Å². The number of rotatable bonds is 5. The van der Waals surface area contributed by atoms with Crippen LogP contribution in [0.3, 0.4) is 0 Å². The highest BCUT2D eigenvalue weighted by Gasteiger charge is 2.11. The molecule has 0 aliphatic carbocycles. The Morgan fingerprint density at radius 1 is 1.33 bits per heavy atom. The molecule has 0 radical (unpaired) electrons. The lowest BCUT2D eigenvalue weighted by molar-refractivity contribution is -0.137. The largest absolute Gasteiger partial charge is 0.497 e. The second-order valence-electron chi connectivity index (χ2n) is 3.51. The summed E-state index contributed by atoms with van der Waals surface area (Å²) in [5.74, 6) is 0.233. The maximum absolute atomic E-state index is 11.4. The van der Waals surface area contributed by atoms with Crippen molar-refractivity contribution in [1.82, 2.24) is 0 Å². The number of hydrogen-bond donors (Lipinski definition) is 1. The second kappa shape index (κ2) is 6.91. The molecule has 0 saturated heterocycles. The molecule has 0 heterocycles. The van der Waals surface area contributed by atoms with E-state index < -0.39 is 5.97 Å². The van der Waals surface area contributed by atoms with E-state index in [1.54, 1.807) is 21.0 Å². The molecule has 1 aromatic carbocycles. The predicted octanol–water partition coefficient (Wildman–Crippen LogP) is 3.14. The van der Waals surface area contributed by atoms with Gasteiger partial charge in [0.1, 0.15) is 10.8 Å². The van der Waals surface area contributed by atoms with Gasteiger partial charge in [0.25, 0.3) is 0 Å². The van der Waals surface area contributed by atoms with Crippen molar-refractivity contribution in [1.29, 1.82) is 0 Å². The molecule has 0 atom stereocenters. The van der Waals surface area contributed by atoms with Crippen molar-refractivity contribution in [3.05, 3.63) is 35.0 Å². The van der Waals surface area contributed by atoms with Crippen LogP contribution in [0.5, 0.6) is 5.75 Å². The van der Waals surface area contributed by atoms with Crippen molar-refractivity contribution in [2.45, 2.75) is 13.8 Å². The van der Waals surface area contributed by atoms with Gasteiger partial charge in [-0.05, 0) is 38.1 Å². The van der Waals surface area contributed by atoms with Crippen molar-refractivity contribution in [2.75, 3.05) is 19.0 Å². The van der Waals surface area contributed by atoms with Crippen molar-refractivity contribution in [2.24, 2.45) is 0 Å². The minimum Gasteiger partial charge on any atom is -0.497 e. The number of methoxy groups -OCH3 is 1. The van der Waals surface area contributed by atoms with E-state index in [-0.39, 0.29) is 5.03 Å². The summed E-state index contributed by atoms with van der Waals surface area (Å²) in [7, 11) is 1.60. The average molecular weight is 270 g/mol. The molecule has 0 aliphatic rings. The molecular formula is C13H16ClNO3. The van der Waals surface area contributed by atoms with E-state index >= 15 is 0 Å². The molecule has 0 saturated carbocycles. The van der Waals surface area contributed by atoms with E-state index in [0.29, 0.717) is 12.3 Å². The molecule has 1 N–H and O–H groups in total. The average Bonchev–Trinajstić information content (AvgIpc) is 2.39. The number of allylic oxidation sites excluding steroid dienone is 1. The van der Waals surface area contributed by atoms with Gasteiger partial charge in [-0.1, -0.05) is 11.6 Å². The molecule has 0 unspecified atom stereocenters. The third kappa shape index (κ3) is 3.96. The Labute approximate surface area is 112 Å². The van der Waals surface area contributed by atoms with Gasteiger partial charge < -0.3 is 14.8 Å². The second-order valence-corrected chi connectivity index (χ2v) is 3.89. The van der Waals surface area contributed by atoms with Crippen LogP contribution in [0, 0.1) is 0 Å². The van der Waals surface area contributed by atoms with E-state index in [2.05, 4.69) is 5.32 Å². The van der Waals surface area contributed by atoms with Crippen molar-refractivity contribution in [3.63, 3.8) is 0 Å². The summed E-state index contributed by atoms with van der Waals surface area (Å²) in [6, 6.07) is 7.29. The van der Waals surface area contributed by atoms with Crippen LogP contribution >= 0.6 is 11.6 Å². The van der Waals surface area contributed by atoms with E-state index in [1.165, 1.54) is 0 Å². The molecule has 0 aromatic heterocycles. The van der Waals surface area contributed by atoms with Crippen LogP contribution in [0.25, 0.3) is 0 Å². The number of hydrogen-bond acceptors (Lipinski definition) is 4. The van der Waals surface area contributed by atoms with Crippen LogP contribution in [0.1, 0.15) is 13.8 Å². The van der Waals surface area contributed by atoms with Crippen LogP contribution < -0.4 is 10.1 Å². The van der Waals surface area contributed by atoms with Gasteiger partial charge >= 0.3 is 5.97 Å². The molecule has 1 rings (SSSR count). The first kappa shape index (κ1) is 14.4. The molecule has 0 aliphatic heterocycles. The molecule has 0 fully saturated rings. The number of ether oxygens (including phenoxy) is 2. The number of halogens is 1. The Bertz CT molecular complexity index is 440. The smallest absolute Gasteiger partial charge is 0.351 e. The van der Waals surface area contributed by atoms with Gasteiger partial charge in [0.2, 0.25) is 0 Å². The van der Waals surface area contributed by atoms with Crippen LogP contribution in [0.2, 0.25) is 0 Å². The fourth-order valence-corrected chi connectivity index (χ4v) is 1.40. The lowest BCUT2D eigenvalue weighted by Crippen LogP contribution is -2.09. The summed E-state index contributed by atoms with van der Waals surface area (Å²) in [6.45, 7) is 3.74. The third-order valence-corrected chi connectivity index (χ3v) is 2.64. The topological polar surface area (TPSA) is 47.6 Å². The minimum atomic E-state index is -0.530. The zero-order valence-electron chi connectivity index (χ0n) is 10.6. The van der Waals surface area contributed by atoms with Gasteiger partial charge in [-0.2, -0.15) is 0 Å². The normalized spacial score (nSPS) is 11.6. The lowest BCUT2D eigenvalue weighted by atomic mass is 10.3. The first-order chi connectivity index (χ1) is 8.58. The quantitative estimate of drug-likeness (QED) is 0.659. The number of benzene rings is 1. The van der Waals surface area contributed by atoms with Crippen molar-refractivity contribution in [3.8, 4) is 5.75 Å². The monoisotopic (exact) mass is 269 g/mol. The summed E-state index contributed by atoms with van der Waals surface area (Å²) in [5, 5.41) is 3.07. The van der Waals surface area contributed by atoms with E-state index in [1.807, 2.05) is 24.3 Å². The molecule has 0 spiro atoms. The van der Waals surface area contributed by atoms with Crippen molar-refractivity contribution >= 4 is 23.3 Å². The SMILES string of the molecule is CCOC(=O)/C(Cl)=C(/C)Nc1ccc(OC)cc1. The Morgan fingerprint density at radius 3 is 2.44 bits per heavy atom. The number of nitrogens with one attached hydrogen (secondary N) is 1. The van der Waals surface area contributed by atoms with Crippen LogP contribution in [0.4, 0.5) is 5.69 Å². The maximum atomic E-state index is 11.4. The number of anilines is 1. The summed E-state index contributed by atoms with van der Waals surface area (Å²) >= 11 is 5.89. The van der Waals surface area contributed by atoms with Gasteiger partial charge in [-0.25, -0.2) is 4.79 Å². The molecule has 0 bridgehead atoms. The minimum absolute atomic E-state index is 0.0488. The molecule has 18 heavy (non-hydrogen) atoms. The molecule has 4 nitrogen and oxygen atoms in total. The van der Waals surface area contributed by atoms with Gasteiger partial charge in [0.15, 0.2) is 0 Å². The summed E-state index contributed by atoms with van der Waals surface area (Å²) in [6.07, 6.45) is 0. The van der Waals surface area contributed by atoms with Gasteiger partial charge in [-0.15, -0.1) is 0 Å². The maximum Gasteiger partial charge on any atom is 0.351 e. The zero-order valence-corrected chi connectivity index (χ0v) is 11.4. The standard InChI is InChI=1S/C13H16ClNO3/c1-4-18-13(16)12(14)9(2)15-10-5-7-11(17-3)8-6-10/h5-8,15H,4H2,1-3H3/b12-9+. The highest BCUT2D eigenvalue weighted by Crippen LogP contribution is 2.19. The summed E-state index contributed by atoms with van der Waals surface area (Å²) < 4.78 is 9.86. The number of carbonyl (C=O) groups excluding carboxylic acids is 1. The highest BCUT2D eigenvalue weighted by atomic mass is 35.5. The molecular weight excluding hydrogens is 254 g/mol. The Balaban J connectivity index is 2.75. The van der Waals surface area contributed by atoms with Crippen molar-refractivity contribution < 1.29 is 14.3 Å². The van der Waals surface area contributed by atoms with Gasteiger partial charge in [0, 0.05) is 11.4 Å². The summed E-state index contributed by atoms with van der Waals surface area (Å²) in [5.41, 5.74) is 1.36. The number of esters is 1. The molecule has 98 valence electrons. The Morgan fingerprint density at radius 2 is 1.94 bits per heavy atom.